The van der Waals surface area contributed by atoms with Gasteiger partial charge in [0.05, 0.1) is 6.21 Å². The molecule has 0 fully saturated rings. The van der Waals surface area contributed by atoms with Crippen LogP contribution >= 0.6 is 11.6 Å². The molecule has 0 amide bonds. The van der Waals surface area contributed by atoms with E-state index >= 15 is 0 Å². The minimum atomic E-state index is -1.22. The van der Waals surface area contributed by atoms with E-state index in [1.54, 1.807) is 18.3 Å². The molecule has 0 saturated carbocycles. The van der Waals surface area contributed by atoms with Crippen LogP contribution in [0.25, 0.3) is 0 Å². The van der Waals surface area contributed by atoms with E-state index in [0.717, 1.165) is 5.56 Å². The molecule has 1 aromatic carbocycles. The highest BCUT2D eigenvalue weighted by molar-refractivity contribution is 7.91. The van der Waals surface area contributed by atoms with Gasteiger partial charge in [-0.25, -0.2) is 0 Å². The number of nitrogens with zero attached hydrogens (tertiary/aromatic N) is 1. The minimum absolute atomic E-state index is 0.324. The average Bonchev–Trinajstić information content (AvgIpc) is 2.12. The first-order chi connectivity index (χ1) is 6.89. The summed E-state index contributed by atoms with van der Waals surface area (Å²) in [7, 11) is 0. The summed E-state index contributed by atoms with van der Waals surface area (Å²) in [5, 5.41) is 0.653. The molecule has 0 heterocycles. The van der Waals surface area contributed by atoms with Gasteiger partial charge in [-0.1, -0.05) is 28.1 Å². The molecule has 0 radical (unpaired) electrons. The van der Waals surface area contributed by atoms with Crippen molar-refractivity contribution in [1.82, 2.24) is 0 Å². The number of hydrogen-bond acceptors (Lipinski definition) is 2. The predicted molar refractivity (Wildman–Crippen MR) is 66.9 cm³/mol. The summed E-state index contributed by atoms with van der Waals surface area (Å²) >= 11 is 4.59. The van der Waals surface area contributed by atoms with E-state index in [4.69, 9.17) is 11.6 Å². The van der Waals surface area contributed by atoms with E-state index < -0.39 is 11.4 Å². The number of hydrogen-bond donors (Lipinski definition) is 0. The molecular formula is C11H14ClNOS. The minimum Gasteiger partial charge on any atom is -0.591 e. The Bertz CT molecular complexity index is 360. The van der Waals surface area contributed by atoms with Gasteiger partial charge in [-0.2, -0.15) is 0 Å². The SMILES string of the molecule is CC(C)(C)[S+]([O-])/N=C\c1cccc(Cl)c1. The fourth-order valence-electron chi connectivity index (χ4n) is 0.854. The zero-order valence-electron chi connectivity index (χ0n) is 9.03. The molecule has 1 rings (SSSR count). The third-order valence-electron chi connectivity index (χ3n) is 1.67. The van der Waals surface area contributed by atoms with Crippen molar-refractivity contribution in [2.45, 2.75) is 25.5 Å². The van der Waals surface area contributed by atoms with Gasteiger partial charge in [-0.15, -0.1) is 0 Å². The largest absolute Gasteiger partial charge is 0.591 e. The molecule has 1 atom stereocenters. The van der Waals surface area contributed by atoms with Crippen molar-refractivity contribution in [1.29, 1.82) is 0 Å². The lowest BCUT2D eigenvalue weighted by molar-refractivity contribution is 0.562. The van der Waals surface area contributed by atoms with Crippen molar-refractivity contribution in [2.75, 3.05) is 0 Å². The summed E-state index contributed by atoms with van der Waals surface area (Å²) in [5.74, 6) is 0. The highest BCUT2D eigenvalue weighted by Crippen LogP contribution is 2.17. The summed E-state index contributed by atoms with van der Waals surface area (Å²) in [6.45, 7) is 5.66. The molecule has 15 heavy (non-hydrogen) atoms. The van der Waals surface area contributed by atoms with Crippen LogP contribution in [0.1, 0.15) is 26.3 Å². The number of halogens is 1. The Morgan fingerprint density at radius 2 is 2.07 bits per heavy atom. The molecule has 0 spiro atoms. The van der Waals surface area contributed by atoms with Crippen LogP contribution in [0.3, 0.4) is 0 Å². The van der Waals surface area contributed by atoms with E-state index in [0.29, 0.717) is 5.02 Å². The standard InChI is InChI=1S/C11H14ClNOS/c1-11(2,3)15(14)13-8-9-5-4-6-10(12)7-9/h4-8H,1-3H3/b13-8-. The maximum Gasteiger partial charge on any atom is 0.144 e. The third kappa shape index (κ3) is 4.24. The first kappa shape index (κ1) is 12.6. The summed E-state index contributed by atoms with van der Waals surface area (Å²) < 4.78 is 15.3. The van der Waals surface area contributed by atoms with Crippen LogP contribution in [0.15, 0.2) is 28.7 Å². The van der Waals surface area contributed by atoms with E-state index in [2.05, 4.69) is 4.40 Å². The Morgan fingerprint density at radius 3 is 2.60 bits per heavy atom. The molecule has 0 saturated heterocycles. The molecule has 0 aliphatic rings. The zero-order chi connectivity index (χ0) is 11.5. The Balaban J connectivity index is 2.74. The third-order valence-corrected chi connectivity index (χ3v) is 3.25. The van der Waals surface area contributed by atoms with Crippen molar-refractivity contribution in [3.05, 3.63) is 34.9 Å². The molecule has 0 aromatic heterocycles. The Labute approximate surface area is 98.7 Å². The quantitative estimate of drug-likeness (QED) is 0.580. The Kier molecular flexibility index (Phi) is 4.20. The second-order valence-electron chi connectivity index (χ2n) is 4.15. The van der Waals surface area contributed by atoms with Crippen molar-refractivity contribution in [3.63, 3.8) is 0 Å². The van der Waals surface area contributed by atoms with E-state index in [1.807, 2.05) is 32.9 Å². The van der Waals surface area contributed by atoms with Gasteiger partial charge < -0.3 is 4.55 Å². The topological polar surface area (TPSA) is 35.4 Å². The summed E-state index contributed by atoms with van der Waals surface area (Å²) in [5.41, 5.74) is 0.861. The van der Waals surface area contributed by atoms with Gasteiger partial charge in [0.25, 0.3) is 0 Å². The van der Waals surface area contributed by atoms with Crippen molar-refractivity contribution >= 4 is 29.2 Å². The zero-order valence-corrected chi connectivity index (χ0v) is 10.6. The van der Waals surface area contributed by atoms with E-state index in [9.17, 15) is 4.55 Å². The first-order valence-electron chi connectivity index (χ1n) is 4.61. The fraction of sp³-hybridized carbons (Fsp3) is 0.364. The second kappa shape index (κ2) is 5.01. The van der Waals surface area contributed by atoms with Crippen molar-refractivity contribution < 1.29 is 4.55 Å². The van der Waals surface area contributed by atoms with Gasteiger partial charge in [0.1, 0.15) is 16.1 Å². The summed E-state index contributed by atoms with van der Waals surface area (Å²) in [6, 6.07) is 7.28. The van der Waals surface area contributed by atoms with Gasteiger partial charge in [0.15, 0.2) is 0 Å². The number of benzene rings is 1. The molecule has 1 aromatic rings. The predicted octanol–water partition coefficient (Wildman–Crippen LogP) is 3.22. The Hall–Kier alpha value is -0.510. The molecule has 0 N–H and O–H groups in total. The van der Waals surface area contributed by atoms with Crippen LogP contribution in [0.5, 0.6) is 0 Å². The summed E-state index contributed by atoms with van der Waals surface area (Å²) in [4.78, 5) is 0. The normalized spacial score (nSPS) is 14.5. The summed E-state index contributed by atoms with van der Waals surface area (Å²) in [6.07, 6.45) is 1.59. The average molecular weight is 244 g/mol. The maximum atomic E-state index is 11.6. The maximum absolute atomic E-state index is 11.6. The highest BCUT2D eigenvalue weighted by atomic mass is 35.5. The fourth-order valence-corrected chi connectivity index (χ4v) is 1.59. The van der Waals surface area contributed by atoms with Gasteiger partial charge in [-0.3, -0.25) is 0 Å². The molecule has 82 valence electrons. The lowest BCUT2D eigenvalue weighted by Gasteiger charge is -2.17. The first-order valence-corrected chi connectivity index (χ1v) is 6.10. The van der Waals surface area contributed by atoms with E-state index in [1.165, 1.54) is 0 Å². The lowest BCUT2D eigenvalue weighted by atomic mass is 10.2. The smallest absolute Gasteiger partial charge is 0.144 e. The van der Waals surface area contributed by atoms with Gasteiger partial charge in [0, 0.05) is 5.02 Å². The lowest BCUT2D eigenvalue weighted by Crippen LogP contribution is -2.25. The van der Waals surface area contributed by atoms with Crippen LogP contribution in [-0.2, 0) is 11.4 Å². The van der Waals surface area contributed by atoms with E-state index in [-0.39, 0.29) is 4.75 Å². The monoisotopic (exact) mass is 243 g/mol. The van der Waals surface area contributed by atoms with Gasteiger partial charge >= 0.3 is 0 Å². The van der Waals surface area contributed by atoms with Crippen LogP contribution in [0.2, 0.25) is 5.02 Å². The molecule has 4 heteroatoms. The van der Waals surface area contributed by atoms with Crippen LogP contribution in [0, 0.1) is 0 Å². The van der Waals surface area contributed by atoms with Crippen LogP contribution < -0.4 is 0 Å². The molecule has 2 nitrogen and oxygen atoms in total. The van der Waals surface area contributed by atoms with Crippen molar-refractivity contribution in [3.8, 4) is 0 Å². The highest BCUT2D eigenvalue weighted by Gasteiger charge is 2.25. The Morgan fingerprint density at radius 1 is 1.40 bits per heavy atom. The van der Waals surface area contributed by atoms with Gasteiger partial charge in [0.2, 0.25) is 0 Å². The van der Waals surface area contributed by atoms with Gasteiger partial charge in [-0.05, 0) is 38.5 Å². The molecule has 0 bridgehead atoms. The van der Waals surface area contributed by atoms with Crippen LogP contribution in [0.4, 0.5) is 0 Å². The molecular weight excluding hydrogens is 230 g/mol. The van der Waals surface area contributed by atoms with Crippen molar-refractivity contribution in [2.24, 2.45) is 4.40 Å². The molecule has 0 aliphatic heterocycles. The molecule has 1 unspecified atom stereocenters. The second-order valence-corrected chi connectivity index (χ2v) is 6.52. The number of rotatable bonds is 2. The molecule has 0 aliphatic carbocycles. The van der Waals surface area contributed by atoms with Crippen LogP contribution in [-0.4, -0.2) is 15.5 Å².